The molecule has 4 aromatic rings. The molecule has 0 fully saturated rings. The fourth-order valence-electron chi connectivity index (χ4n) is 3.61. The zero-order chi connectivity index (χ0) is 30.3. The summed E-state index contributed by atoms with van der Waals surface area (Å²) in [5.41, 5.74) is 8.56. The van der Waals surface area contributed by atoms with E-state index in [4.69, 9.17) is 24.5 Å². The standard InChI is InChI=1S/C28H26N6O7S.Na/c1-39-25-14-20(32-31-19-8-11-21(12-9-19)42(36,37)38)10-13-22(25)33-34-24-16-26(40-2)23(15-27(24)41-3)30-28(35)17-4-6-18(29)7-5-17;/h4-16H,29H2,1-3H3,(H,30,35)(H,36,37,38);. The third kappa shape index (κ3) is 8.59. The summed E-state index contributed by atoms with van der Waals surface area (Å²) < 4.78 is 47.8. The van der Waals surface area contributed by atoms with Crippen molar-refractivity contribution in [1.82, 2.24) is 0 Å². The molecule has 0 aliphatic carbocycles. The van der Waals surface area contributed by atoms with Gasteiger partial charge < -0.3 is 25.3 Å². The van der Waals surface area contributed by atoms with E-state index in [2.05, 4.69) is 25.8 Å². The molecule has 15 heteroatoms. The van der Waals surface area contributed by atoms with Crippen LogP contribution in [-0.4, -0.2) is 69.8 Å². The van der Waals surface area contributed by atoms with Gasteiger partial charge in [0.2, 0.25) is 0 Å². The zero-order valence-corrected chi connectivity index (χ0v) is 26.5. The number of nitrogens with one attached hydrogen (secondary N) is 1. The molecular weight excluding hydrogens is 587 g/mol. The summed E-state index contributed by atoms with van der Waals surface area (Å²) in [5.74, 6) is 0.662. The van der Waals surface area contributed by atoms with Gasteiger partial charge in [-0.2, -0.15) is 18.6 Å². The molecule has 13 nitrogen and oxygen atoms in total. The fraction of sp³-hybridized carbons (Fsp3) is 0.107. The van der Waals surface area contributed by atoms with E-state index in [1.165, 1.54) is 45.6 Å². The van der Waals surface area contributed by atoms with Crippen molar-refractivity contribution in [3.05, 3.63) is 84.4 Å². The molecule has 0 heterocycles. The first-order chi connectivity index (χ1) is 20.1. The SMILES string of the molecule is COc1cc(N=Nc2ccc(S(=O)(=O)O)cc2)ccc1N=Nc1cc(OC)c(NC(=O)c2ccc(N)cc2)cc1OC.[Na]. The number of carbonyl (C=O) groups is 1. The number of methoxy groups -OCH3 is 3. The minimum Gasteiger partial charge on any atom is -0.494 e. The molecule has 4 rings (SSSR count). The van der Waals surface area contributed by atoms with Gasteiger partial charge in [-0.25, -0.2) is 0 Å². The fourth-order valence-corrected chi connectivity index (χ4v) is 4.09. The van der Waals surface area contributed by atoms with Crippen LogP contribution in [0, 0.1) is 0 Å². The molecule has 0 saturated heterocycles. The molecule has 43 heavy (non-hydrogen) atoms. The first-order valence-corrected chi connectivity index (χ1v) is 13.6. The molecular formula is C28H26N6NaO7S. The average molecular weight is 614 g/mol. The molecule has 0 aromatic heterocycles. The number of benzene rings is 4. The molecule has 0 atom stereocenters. The Morgan fingerprint density at radius 3 is 1.88 bits per heavy atom. The topological polar surface area (TPSA) is 187 Å². The van der Waals surface area contributed by atoms with E-state index in [1.807, 2.05) is 0 Å². The van der Waals surface area contributed by atoms with E-state index >= 15 is 0 Å². The van der Waals surface area contributed by atoms with Crippen molar-refractivity contribution in [2.75, 3.05) is 32.4 Å². The number of nitrogen functional groups attached to an aromatic ring is 1. The van der Waals surface area contributed by atoms with E-state index in [1.54, 1.807) is 54.6 Å². The summed E-state index contributed by atoms with van der Waals surface area (Å²) in [4.78, 5) is 12.5. The second-order valence-corrected chi connectivity index (χ2v) is 9.95. The molecule has 0 aliphatic heterocycles. The van der Waals surface area contributed by atoms with Crippen LogP contribution >= 0.6 is 0 Å². The zero-order valence-electron chi connectivity index (χ0n) is 23.7. The van der Waals surface area contributed by atoms with E-state index in [0.29, 0.717) is 56.9 Å². The van der Waals surface area contributed by atoms with Crippen molar-refractivity contribution in [2.45, 2.75) is 4.90 Å². The number of amides is 1. The quantitative estimate of drug-likeness (QED) is 0.0811. The number of azo groups is 2. The van der Waals surface area contributed by atoms with Gasteiger partial charge in [-0.3, -0.25) is 9.35 Å². The maximum absolute atomic E-state index is 12.7. The Bertz CT molecular complexity index is 1760. The number of hydrogen-bond acceptors (Lipinski definition) is 11. The largest absolute Gasteiger partial charge is 0.494 e. The molecule has 0 spiro atoms. The second-order valence-electron chi connectivity index (χ2n) is 8.53. The summed E-state index contributed by atoms with van der Waals surface area (Å²) in [6.07, 6.45) is 0. The average Bonchev–Trinajstić information content (AvgIpc) is 2.99. The second kappa shape index (κ2) is 14.7. The van der Waals surface area contributed by atoms with Crippen LogP contribution in [0.2, 0.25) is 0 Å². The number of nitrogens with two attached hydrogens (primary N) is 1. The third-order valence-electron chi connectivity index (χ3n) is 5.77. The molecule has 217 valence electrons. The van der Waals surface area contributed by atoms with Crippen molar-refractivity contribution < 1.29 is 32.0 Å². The number of carbonyl (C=O) groups excluding carboxylic acids is 1. The molecule has 4 N–H and O–H groups in total. The van der Waals surface area contributed by atoms with Gasteiger partial charge in [0, 0.05) is 59.0 Å². The number of rotatable bonds is 10. The van der Waals surface area contributed by atoms with Gasteiger partial charge in [-0.15, -0.1) is 10.2 Å². The third-order valence-corrected chi connectivity index (χ3v) is 6.63. The molecule has 4 aromatic carbocycles. The maximum atomic E-state index is 12.7. The molecule has 0 aliphatic rings. The molecule has 0 bridgehead atoms. The summed E-state index contributed by atoms with van der Waals surface area (Å²) in [7, 11) is 0.0877. The van der Waals surface area contributed by atoms with Gasteiger partial charge in [0.15, 0.2) is 0 Å². The van der Waals surface area contributed by atoms with Crippen molar-refractivity contribution >= 4 is 79.7 Å². The van der Waals surface area contributed by atoms with Crippen molar-refractivity contribution in [2.24, 2.45) is 20.5 Å². The number of hydrogen-bond donors (Lipinski definition) is 3. The van der Waals surface area contributed by atoms with Crippen LogP contribution < -0.4 is 25.3 Å². The van der Waals surface area contributed by atoms with Crippen molar-refractivity contribution in [1.29, 1.82) is 0 Å². The van der Waals surface area contributed by atoms with E-state index < -0.39 is 10.1 Å². The summed E-state index contributed by atoms with van der Waals surface area (Å²) in [5, 5.41) is 19.6. The van der Waals surface area contributed by atoms with Gasteiger partial charge in [-0.05, 0) is 60.7 Å². The first kappa shape index (κ1) is 33.2. The monoisotopic (exact) mass is 613 g/mol. The Morgan fingerprint density at radius 2 is 1.28 bits per heavy atom. The van der Waals surface area contributed by atoms with Crippen LogP contribution in [0.1, 0.15) is 10.4 Å². The van der Waals surface area contributed by atoms with E-state index in [-0.39, 0.29) is 40.4 Å². The molecule has 1 radical (unpaired) electrons. The summed E-state index contributed by atoms with van der Waals surface area (Å²) in [6.45, 7) is 0. The van der Waals surface area contributed by atoms with Crippen molar-refractivity contribution in [3.63, 3.8) is 0 Å². The summed E-state index contributed by atoms with van der Waals surface area (Å²) in [6, 6.07) is 19.7. The minimum absolute atomic E-state index is 0. The Morgan fingerprint density at radius 1 is 0.721 bits per heavy atom. The van der Waals surface area contributed by atoms with Crippen LogP contribution in [0.25, 0.3) is 0 Å². The van der Waals surface area contributed by atoms with Gasteiger partial charge in [0.1, 0.15) is 28.6 Å². The van der Waals surface area contributed by atoms with Gasteiger partial charge in [0.05, 0.1) is 43.3 Å². The Balaban J connectivity index is 0.00000506. The Labute approximate surface area is 269 Å². The normalized spacial score (nSPS) is 11.3. The van der Waals surface area contributed by atoms with Crippen LogP contribution in [0.15, 0.2) is 104 Å². The molecule has 1 amide bonds. The summed E-state index contributed by atoms with van der Waals surface area (Å²) >= 11 is 0. The molecule has 0 saturated carbocycles. The minimum atomic E-state index is -4.30. The number of ether oxygens (including phenoxy) is 3. The predicted octanol–water partition coefficient (Wildman–Crippen LogP) is 6.24. The van der Waals surface area contributed by atoms with Gasteiger partial charge in [-0.1, -0.05) is 0 Å². The predicted molar refractivity (Wildman–Crippen MR) is 162 cm³/mol. The van der Waals surface area contributed by atoms with Crippen LogP contribution in [0.5, 0.6) is 17.2 Å². The number of anilines is 2. The van der Waals surface area contributed by atoms with Gasteiger partial charge >= 0.3 is 0 Å². The van der Waals surface area contributed by atoms with Crippen molar-refractivity contribution in [3.8, 4) is 17.2 Å². The van der Waals surface area contributed by atoms with Crippen LogP contribution in [0.4, 0.5) is 34.1 Å². The van der Waals surface area contributed by atoms with E-state index in [9.17, 15) is 13.2 Å². The van der Waals surface area contributed by atoms with Crippen LogP contribution in [-0.2, 0) is 10.1 Å². The smallest absolute Gasteiger partial charge is 0.294 e. The van der Waals surface area contributed by atoms with Gasteiger partial charge in [0.25, 0.3) is 16.0 Å². The van der Waals surface area contributed by atoms with E-state index in [0.717, 1.165) is 0 Å². The molecule has 0 unspecified atom stereocenters. The first-order valence-electron chi connectivity index (χ1n) is 12.1. The Kier molecular flexibility index (Phi) is 11.3. The number of nitrogens with zero attached hydrogens (tertiary/aromatic N) is 4. The Hall–Kier alpha value is -4.34. The maximum Gasteiger partial charge on any atom is 0.294 e. The van der Waals surface area contributed by atoms with Crippen LogP contribution in [0.3, 0.4) is 0 Å².